The summed E-state index contributed by atoms with van der Waals surface area (Å²) in [5, 5.41) is 13.1. The average molecular weight is 429 g/mol. The maximum absolute atomic E-state index is 12.5. The molecule has 3 aromatic rings. The van der Waals surface area contributed by atoms with Crippen molar-refractivity contribution in [3.05, 3.63) is 52.8 Å². The lowest BCUT2D eigenvalue weighted by Gasteiger charge is -2.30. The highest BCUT2D eigenvalue weighted by Crippen LogP contribution is 2.22. The van der Waals surface area contributed by atoms with Gasteiger partial charge in [0, 0.05) is 29.8 Å². The Bertz CT molecular complexity index is 925. The van der Waals surface area contributed by atoms with E-state index in [0.717, 1.165) is 47.7 Å². The van der Waals surface area contributed by atoms with Crippen LogP contribution in [0.2, 0.25) is 0 Å². The molecule has 1 aromatic carbocycles. The Labute approximate surface area is 178 Å². The van der Waals surface area contributed by atoms with Crippen LogP contribution in [0.5, 0.6) is 0 Å². The summed E-state index contributed by atoms with van der Waals surface area (Å²) in [6.45, 7) is 5.41. The number of likely N-dealkylation sites (tertiary alicyclic amines) is 1. The molecule has 1 aliphatic rings. The Hall–Kier alpha value is -2.23. The van der Waals surface area contributed by atoms with Crippen LogP contribution in [0, 0.1) is 5.92 Å². The van der Waals surface area contributed by atoms with E-state index < -0.39 is 0 Å². The van der Waals surface area contributed by atoms with Crippen molar-refractivity contribution in [3.8, 4) is 0 Å². The van der Waals surface area contributed by atoms with Gasteiger partial charge < -0.3 is 0 Å². The minimum absolute atomic E-state index is 0.132. The first-order chi connectivity index (χ1) is 14.2. The number of piperidine rings is 1. The number of carbonyl (C=O) groups is 1. The second-order valence-corrected chi connectivity index (χ2v) is 9.18. The molecule has 29 heavy (non-hydrogen) atoms. The lowest BCUT2D eigenvalue weighted by molar-refractivity contribution is 0.102. The minimum atomic E-state index is -0.132. The maximum atomic E-state index is 12.5. The Balaban J connectivity index is 1.29. The number of hydrogen-bond donors (Lipinski definition) is 2. The lowest BCUT2D eigenvalue weighted by atomic mass is 10.0. The van der Waals surface area contributed by atoms with E-state index in [0.29, 0.717) is 10.7 Å². The van der Waals surface area contributed by atoms with Crippen molar-refractivity contribution in [2.75, 3.05) is 18.4 Å². The van der Waals surface area contributed by atoms with Gasteiger partial charge in [0.1, 0.15) is 6.33 Å². The number of benzene rings is 1. The third-order valence-corrected chi connectivity index (χ3v) is 6.64. The first kappa shape index (κ1) is 20.1. The highest BCUT2D eigenvalue weighted by Gasteiger charge is 2.17. The van der Waals surface area contributed by atoms with Crippen molar-refractivity contribution in [2.24, 2.45) is 5.92 Å². The predicted octanol–water partition coefficient (Wildman–Crippen LogP) is 4.04. The van der Waals surface area contributed by atoms with Gasteiger partial charge in [-0.15, -0.1) is 11.3 Å². The van der Waals surface area contributed by atoms with E-state index in [4.69, 9.17) is 0 Å². The molecule has 3 heterocycles. The molecule has 1 aliphatic heterocycles. The topological polar surface area (TPSA) is 86.8 Å². The summed E-state index contributed by atoms with van der Waals surface area (Å²) in [5.74, 6) is 1.38. The zero-order chi connectivity index (χ0) is 20.1. The van der Waals surface area contributed by atoms with Crippen LogP contribution in [0.1, 0.15) is 41.4 Å². The van der Waals surface area contributed by atoms with Gasteiger partial charge in [-0.1, -0.05) is 30.8 Å². The molecule has 0 aliphatic carbocycles. The number of aromatic amines is 1. The molecule has 7 nitrogen and oxygen atoms in total. The van der Waals surface area contributed by atoms with Gasteiger partial charge in [0.15, 0.2) is 10.3 Å². The zero-order valence-electron chi connectivity index (χ0n) is 16.3. The van der Waals surface area contributed by atoms with Crippen molar-refractivity contribution >= 4 is 34.1 Å². The normalized spacial score (nSPS) is 17.3. The molecule has 152 valence electrons. The Kier molecular flexibility index (Phi) is 6.58. The Morgan fingerprint density at radius 3 is 3.00 bits per heavy atom. The standard InChI is InChI=1S/C20H24N6OS2/c1-14-3-2-8-26(9-14)10-17-12-29-20(23-17)24-18(27)16-6-4-15(5-7-16)11-28-19-21-13-22-25-19/h4-7,12-14H,2-3,8-11H2,1H3,(H,21,22,25)(H,23,24,27). The van der Waals surface area contributed by atoms with Gasteiger partial charge in [0.25, 0.3) is 5.91 Å². The lowest BCUT2D eigenvalue weighted by Crippen LogP contribution is -2.33. The van der Waals surface area contributed by atoms with Crippen LogP contribution >= 0.6 is 23.1 Å². The molecular formula is C20H24N6OS2. The summed E-state index contributed by atoms with van der Waals surface area (Å²) in [7, 11) is 0. The monoisotopic (exact) mass is 428 g/mol. The van der Waals surface area contributed by atoms with Gasteiger partial charge in [-0.3, -0.25) is 20.1 Å². The second kappa shape index (κ2) is 9.51. The number of thioether (sulfide) groups is 1. The van der Waals surface area contributed by atoms with Crippen molar-refractivity contribution in [2.45, 2.75) is 37.2 Å². The van der Waals surface area contributed by atoms with Crippen molar-refractivity contribution in [3.63, 3.8) is 0 Å². The Morgan fingerprint density at radius 2 is 2.24 bits per heavy atom. The number of carbonyl (C=O) groups excluding carboxylic acids is 1. The molecule has 1 saturated heterocycles. The van der Waals surface area contributed by atoms with E-state index in [-0.39, 0.29) is 5.91 Å². The van der Waals surface area contributed by atoms with Crippen molar-refractivity contribution in [1.29, 1.82) is 0 Å². The quantitative estimate of drug-likeness (QED) is 0.553. The van der Waals surface area contributed by atoms with E-state index in [1.807, 2.05) is 29.6 Å². The molecule has 2 N–H and O–H groups in total. The number of anilines is 1. The van der Waals surface area contributed by atoms with Gasteiger partial charge >= 0.3 is 0 Å². The number of thiazole rings is 1. The summed E-state index contributed by atoms with van der Waals surface area (Å²) in [6.07, 6.45) is 4.06. The number of amides is 1. The molecule has 1 fully saturated rings. The van der Waals surface area contributed by atoms with Gasteiger partial charge in [0.05, 0.1) is 5.69 Å². The fourth-order valence-corrected chi connectivity index (χ4v) is 4.86. The molecular weight excluding hydrogens is 404 g/mol. The van der Waals surface area contributed by atoms with Gasteiger partial charge in [-0.25, -0.2) is 9.97 Å². The second-order valence-electron chi connectivity index (χ2n) is 7.36. The fraction of sp³-hybridized carbons (Fsp3) is 0.400. The van der Waals surface area contributed by atoms with Crippen LogP contribution in [0.25, 0.3) is 0 Å². The van der Waals surface area contributed by atoms with Crippen LogP contribution in [-0.4, -0.2) is 44.1 Å². The molecule has 0 spiro atoms. The van der Waals surface area contributed by atoms with E-state index in [1.54, 1.807) is 11.8 Å². The van der Waals surface area contributed by atoms with E-state index in [9.17, 15) is 4.79 Å². The van der Waals surface area contributed by atoms with Crippen molar-refractivity contribution < 1.29 is 4.79 Å². The summed E-state index contributed by atoms with van der Waals surface area (Å²) < 4.78 is 0. The molecule has 0 bridgehead atoms. The molecule has 4 rings (SSSR count). The smallest absolute Gasteiger partial charge is 0.257 e. The largest absolute Gasteiger partial charge is 0.298 e. The molecule has 1 unspecified atom stereocenters. The predicted molar refractivity (Wildman–Crippen MR) is 116 cm³/mol. The van der Waals surface area contributed by atoms with E-state index in [2.05, 4.69) is 37.3 Å². The van der Waals surface area contributed by atoms with Crippen LogP contribution in [-0.2, 0) is 12.3 Å². The number of nitrogens with zero attached hydrogens (tertiary/aromatic N) is 4. The molecule has 0 radical (unpaired) electrons. The molecule has 0 saturated carbocycles. The first-order valence-corrected chi connectivity index (χ1v) is 11.6. The molecule has 1 atom stereocenters. The maximum Gasteiger partial charge on any atom is 0.257 e. The summed E-state index contributed by atoms with van der Waals surface area (Å²) >= 11 is 3.05. The highest BCUT2D eigenvalue weighted by molar-refractivity contribution is 7.98. The average Bonchev–Trinajstić information content (AvgIpc) is 3.39. The number of aromatic nitrogens is 4. The molecule has 9 heteroatoms. The van der Waals surface area contributed by atoms with Gasteiger partial charge in [-0.2, -0.15) is 5.10 Å². The number of nitrogens with one attached hydrogen (secondary N) is 2. The summed E-state index contributed by atoms with van der Waals surface area (Å²) in [5.41, 5.74) is 2.77. The van der Waals surface area contributed by atoms with Crippen LogP contribution < -0.4 is 5.32 Å². The van der Waals surface area contributed by atoms with Crippen LogP contribution in [0.3, 0.4) is 0 Å². The minimum Gasteiger partial charge on any atom is -0.298 e. The summed E-state index contributed by atoms with van der Waals surface area (Å²) in [4.78, 5) is 23.7. The molecule has 2 aromatic heterocycles. The third-order valence-electron chi connectivity index (χ3n) is 4.88. The number of rotatable bonds is 7. The SMILES string of the molecule is CC1CCCN(Cc2csc(NC(=O)c3ccc(CSc4ncn[nH]4)cc3)n2)C1. The first-order valence-electron chi connectivity index (χ1n) is 9.71. The van der Waals surface area contributed by atoms with Gasteiger partial charge in [-0.05, 0) is 43.0 Å². The number of hydrogen-bond acceptors (Lipinski definition) is 7. The van der Waals surface area contributed by atoms with Gasteiger partial charge in [0.2, 0.25) is 0 Å². The third kappa shape index (κ3) is 5.65. The van der Waals surface area contributed by atoms with E-state index >= 15 is 0 Å². The van der Waals surface area contributed by atoms with E-state index in [1.165, 1.54) is 30.5 Å². The summed E-state index contributed by atoms with van der Waals surface area (Å²) in [6, 6.07) is 7.61. The molecule has 1 amide bonds. The fourth-order valence-electron chi connectivity index (χ4n) is 3.43. The van der Waals surface area contributed by atoms with Crippen LogP contribution in [0.15, 0.2) is 41.1 Å². The Morgan fingerprint density at radius 1 is 1.38 bits per heavy atom. The van der Waals surface area contributed by atoms with Crippen molar-refractivity contribution in [1.82, 2.24) is 25.1 Å². The van der Waals surface area contributed by atoms with Crippen LogP contribution in [0.4, 0.5) is 5.13 Å². The zero-order valence-corrected chi connectivity index (χ0v) is 17.9. The number of H-pyrrole nitrogens is 1. The highest BCUT2D eigenvalue weighted by atomic mass is 32.2.